The first kappa shape index (κ1) is 41.9. The summed E-state index contributed by atoms with van der Waals surface area (Å²) in [6.45, 7) is 12.7. The Bertz CT molecular complexity index is 2150. The average Bonchev–Trinajstić information content (AvgIpc) is 3.58. The number of benzene rings is 1. The molecule has 2 saturated heterocycles. The molecule has 1 aromatic carbocycles. The minimum Gasteiger partial charge on any atom is -0.457 e. The normalized spacial score (nSPS) is 19.3. The van der Waals surface area contributed by atoms with Gasteiger partial charge in [0.1, 0.15) is 24.6 Å². The van der Waals surface area contributed by atoms with Crippen molar-refractivity contribution in [3.05, 3.63) is 56.9 Å². The molecule has 2 aromatic heterocycles. The summed E-state index contributed by atoms with van der Waals surface area (Å²) in [5.41, 5.74) is 1.02. The van der Waals surface area contributed by atoms with E-state index in [1.54, 1.807) is 49.3 Å². The van der Waals surface area contributed by atoms with Crippen LogP contribution in [0.3, 0.4) is 0 Å². The van der Waals surface area contributed by atoms with Gasteiger partial charge < -0.3 is 48.1 Å². The zero-order valence-electron chi connectivity index (χ0n) is 34.7. The maximum atomic E-state index is 14.2. The van der Waals surface area contributed by atoms with E-state index in [2.05, 4.69) is 10.2 Å². The van der Waals surface area contributed by atoms with Crippen molar-refractivity contribution in [1.82, 2.24) is 24.7 Å². The number of carbonyl (C=O) groups is 4. The number of amides is 2. The van der Waals surface area contributed by atoms with Crippen LogP contribution in [-0.2, 0) is 53.7 Å². The maximum absolute atomic E-state index is 14.2. The standard InChI is InChI=1S/C43H55N5O11/c1-6-29-30-23-28(57-40(52)47-18-13-27(14-19-47)46-16-9-8-10-17-46)11-12-34(30)45-36-31(29)25-48-35(36)24-33-32(37(48)49)26-56-38(50)43(33,7-2)59-41(53)55-22-21-54-20-15-44-39(51)58-42(3,4)5/h11-12,23-24,27H,6-10,13-22,25-26H2,1-5H3,(H,44,51)/t43-/m0/s1. The van der Waals surface area contributed by atoms with Crippen LogP contribution in [0.2, 0.25) is 0 Å². The minimum absolute atomic E-state index is 0.00199. The van der Waals surface area contributed by atoms with Crippen molar-refractivity contribution in [3.8, 4) is 17.1 Å². The topological polar surface area (TPSA) is 177 Å². The second-order valence-corrected chi connectivity index (χ2v) is 16.4. The fourth-order valence-electron chi connectivity index (χ4n) is 8.63. The Hall–Kier alpha value is -5.22. The summed E-state index contributed by atoms with van der Waals surface area (Å²) in [6.07, 6.45) is 4.19. The summed E-state index contributed by atoms with van der Waals surface area (Å²) in [6, 6.07) is 7.61. The number of likely N-dealkylation sites (tertiary alicyclic amines) is 2. The highest BCUT2D eigenvalue weighted by Crippen LogP contribution is 2.42. The van der Waals surface area contributed by atoms with E-state index in [9.17, 15) is 24.0 Å². The van der Waals surface area contributed by atoms with Crippen molar-refractivity contribution in [1.29, 1.82) is 0 Å². The largest absolute Gasteiger partial charge is 0.509 e. The molecule has 16 heteroatoms. The fourth-order valence-corrected chi connectivity index (χ4v) is 8.63. The lowest BCUT2D eigenvalue weighted by Gasteiger charge is -2.39. The molecule has 1 atom stereocenters. The molecule has 0 unspecified atom stereocenters. The summed E-state index contributed by atoms with van der Waals surface area (Å²) in [5.74, 6) is -0.389. The van der Waals surface area contributed by atoms with Crippen LogP contribution in [0.1, 0.15) is 95.4 Å². The van der Waals surface area contributed by atoms with Crippen LogP contribution in [0.4, 0.5) is 14.4 Å². The van der Waals surface area contributed by atoms with Crippen LogP contribution >= 0.6 is 0 Å². The highest BCUT2D eigenvalue weighted by molar-refractivity contribution is 5.91. The Morgan fingerprint density at radius 3 is 2.44 bits per heavy atom. The number of hydrogen-bond donors (Lipinski definition) is 1. The van der Waals surface area contributed by atoms with Gasteiger partial charge in [0.05, 0.1) is 42.2 Å². The van der Waals surface area contributed by atoms with Crippen molar-refractivity contribution < 1.29 is 47.6 Å². The number of nitrogens with zero attached hydrogens (tertiary/aromatic N) is 4. The Morgan fingerprint density at radius 2 is 1.73 bits per heavy atom. The Morgan fingerprint density at radius 1 is 0.966 bits per heavy atom. The van der Waals surface area contributed by atoms with Gasteiger partial charge in [0.15, 0.2) is 0 Å². The molecule has 318 valence electrons. The molecule has 7 rings (SSSR count). The molecule has 0 spiro atoms. The molecule has 16 nitrogen and oxygen atoms in total. The minimum atomic E-state index is -1.94. The third-order valence-electron chi connectivity index (χ3n) is 11.6. The lowest BCUT2D eigenvalue weighted by molar-refractivity contribution is -0.175. The van der Waals surface area contributed by atoms with Crippen molar-refractivity contribution in [2.24, 2.45) is 0 Å². The first-order valence-electron chi connectivity index (χ1n) is 20.8. The van der Waals surface area contributed by atoms with E-state index in [0.29, 0.717) is 48.2 Å². The van der Waals surface area contributed by atoms with Gasteiger partial charge in [-0.2, -0.15) is 0 Å². The number of carbonyl (C=O) groups excluding carboxylic acids is 4. The summed E-state index contributed by atoms with van der Waals surface area (Å²) >= 11 is 0. The molecule has 4 aliphatic heterocycles. The average molecular weight is 818 g/mol. The zero-order valence-corrected chi connectivity index (χ0v) is 34.7. The van der Waals surface area contributed by atoms with Crippen LogP contribution in [0.15, 0.2) is 29.1 Å². The van der Waals surface area contributed by atoms with Crippen molar-refractivity contribution in [3.63, 3.8) is 0 Å². The van der Waals surface area contributed by atoms with Gasteiger partial charge in [-0.05, 0) is 102 Å². The number of nitrogens with one attached hydrogen (secondary N) is 1. The third-order valence-corrected chi connectivity index (χ3v) is 11.6. The fraction of sp³-hybridized carbons (Fsp3) is 0.581. The Labute approximate surface area is 343 Å². The number of esters is 1. The monoisotopic (exact) mass is 817 g/mol. The van der Waals surface area contributed by atoms with E-state index in [0.717, 1.165) is 42.4 Å². The van der Waals surface area contributed by atoms with E-state index in [-0.39, 0.29) is 68.7 Å². The van der Waals surface area contributed by atoms with Gasteiger partial charge in [0, 0.05) is 42.2 Å². The van der Waals surface area contributed by atoms with Crippen LogP contribution in [0.25, 0.3) is 22.3 Å². The summed E-state index contributed by atoms with van der Waals surface area (Å²) < 4.78 is 34.6. The lowest BCUT2D eigenvalue weighted by atomic mass is 9.85. The highest BCUT2D eigenvalue weighted by Gasteiger charge is 2.51. The molecule has 2 fully saturated rings. The molecule has 0 aliphatic carbocycles. The number of hydrogen-bond acceptors (Lipinski definition) is 13. The van der Waals surface area contributed by atoms with Crippen LogP contribution in [0, 0.1) is 0 Å². The molecule has 2 amide bonds. The predicted octanol–water partition coefficient (Wildman–Crippen LogP) is 5.79. The number of piperidine rings is 2. The molecular formula is C43H55N5O11. The summed E-state index contributed by atoms with van der Waals surface area (Å²) in [7, 11) is 0. The molecular weight excluding hydrogens is 762 g/mol. The van der Waals surface area contributed by atoms with Crippen LogP contribution < -0.4 is 15.6 Å². The second kappa shape index (κ2) is 17.6. The SMILES string of the molecule is CCc1c2c(nc3ccc(OC(=O)N4CCC(N5CCCCC5)CC4)cc13)-c1cc3c(c(=O)n1C2)COC(=O)[C@@]3(CC)OC(=O)OCCOCCNC(=O)OC(C)(C)C. The highest BCUT2D eigenvalue weighted by atomic mass is 16.7. The number of aromatic nitrogens is 2. The van der Waals surface area contributed by atoms with Gasteiger partial charge in [-0.25, -0.2) is 24.2 Å². The van der Waals surface area contributed by atoms with Gasteiger partial charge in [-0.3, -0.25) is 4.79 Å². The van der Waals surface area contributed by atoms with E-state index in [4.69, 9.17) is 33.4 Å². The van der Waals surface area contributed by atoms with Gasteiger partial charge in [0.2, 0.25) is 5.60 Å². The number of ether oxygens (including phenoxy) is 6. The Kier molecular flexibility index (Phi) is 12.5. The van der Waals surface area contributed by atoms with Gasteiger partial charge >= 0.3 is 24.3 Å². The number of cyclic esters (lactones) is 1. The second-order valence-electron chi connectivity index (χ2n) is 16.4. The number of rotatable bonds is 11. The van der Waals surface area contributed by atoms with Gasteiger partial charge in [0.25, 0.3) is 5.56 Å². The van der Waals surface area contributed by atoms with Crippen LogP contribution in [0.5, 0.6) is 5.75 Å². The van der Waals surface area contributed by atoms with E-state index < -0.39 is 29.4 Å². The van der Waals surface area contributed by atoms with Crippen molar-refractivity contribution in [2.45, 2.75) is 110 Å². The molecule has 3 aromatic rings. The Balaban J connectivity index is 1.04. The molecule has 1 N–H and O–H groups in total. The first-order valence-corrected chi connectivity index (χ1v) is 20.8. The predicted molar refractivity (Wildman–Crippen MR) is 215 cm³/mol. The number of fused-ring (bicyclic) bond motifs is 5. The molecule has 0 radical (unpaired) electrons. The third kappa shape index (κ3) is 8.88. The lowest BCUT2D eigenvalue weighted by Crippen LogP contribution is -2.48. The van der Waals surface area contributed by atoms with E-state index >= 15 is 0 Å². The number of aryl methyl sites for hydroxylation is 1. The summed E-state index contributed by atoms with van der Waals surface area (Å²) in [5, 5.41) is 3.39. The number of alkyl carbamates (subject to hydrolysis) is 1. The molecule has 59 heavy (non-hydrogen) atoms. The first-order chi connectivity index (χ1) is 28.3. The quantitative estimate of drug-likeness (QED) is 0.109. The molecule has 0 saturated carbocycles. The van der Waals surface area contributed by atoms with Gasteiger partial charge in [-0.1, -0.05) is 20.3 Å². The van der Waals surface area contributed by atoms with E-state index in [1.165, 1.54) is 19.3 Å². The van der Waals surface area contributed by atoms with Crippen molar-refractivity contribution >= 4 is 35.2 Å². The molecule has 0 bridgehead atoms. The molecule has 6 heterocycles. The smallest absolute Gasteiger partial charge is 0.457 e. The summed E-state index contributed by atoms with van der Waals surface area (Å²) in [4.78, 5) is 75.1. The maximum Gasteiger partial charge on any atom is 0.509 e. The zero-order chi connectivity index (χ0) is 41.9. The van der Waals surface area contributed by atoms with Crippen LogP contribution in [-0.4, -0.2) is 108 Å². The molecule has 4 aliphatic rings. The van der Waals surface area contributed by atoms with Crippen molar-refractivity contribution in [2.75, 3.05) is 52.5 Å². The van der Waals surface area contributed by atoms with E-state index in [1.807, 2.05) is 19.1 Å². The number of pyridine rings is 2. The van der Waals surface area contributed by atoms with Gasteiger partial charge in [-0.15, -0.1) is 0 Å².